The van der Waals surface area contributed by atoms with E-state index in [0.717, 1.165) is 11.1 Å². The van der Waals surface area contributed by atoms with Crippen LogP contribution in [0.5, 0.6) is 0 Å². The number of aryl methyl sites for hydroxylation is 2. The normalized spacial score (nSPS) is 14.2. The minimum absolute atomic E-state index is 0.0242. The SMILES string of the molecule is O=C(CCc1cccc(F)c1)N1CCN(C(=O)CCc2cccc(F)c2)CC1. The second kappa shape index (κ2) is 9.44. The first kappa shape index (κ1) is 20.0. The predicted molar refractivity (Wildman–Crippen MR) is 103 cm³/mol. The van der Waals surface area contributed by atoms with E-state index in [1.54, 1.807) is 21.9 Å². The Balaban J connectivity index is 1.40. The van der Waals surface area contributed by atoms with E-state index in [0.29, 0.717) is 51.9 Å². The molecule has 0 aromatic heterocycles. The Morgan fingerprint density at radius 1 is 0.714 bits per heavy atom. The first-order valence-corrected chi connectivity index (χ1v) is 9.56. The Morgan fingerprint density at radius 3 is 1.46 bits per heavy atom. The molecule has 0 unspecified atom stereocenters. The molecule has 6 heteroatoms. The zero-order chi connectivity index (χ0) is 19.9. The standard InChI is InChI=1S/C22H24F2N2O2/c23-19-5-1-3-17(15-19)7-9-21(27)25-11-13-26(14-12-25)22(28)10-8-18-4-2-6-20(24)16-18/h1-6,15-16H,7-14H2. The van der Waals surface area contributed by atoms with Crippen molar-refractivity contribution in [2.75, 3.05) is 26.2 Å². The van der Waals surface area contributed by atoms with Crippen molar-refractivity contribution in [1.29, 1.82) is 0 Å². The van der Waals surface area contributed by atoms with Crippen LogP contribution in [0, 0.1) is 11.6 Å². The Labute approximate surface area is 163 Å². The molecule has 2 amide bonds. The first-order chi connectivity index (χ1) is 13.5. The highest BCUT2D eigenvalue weighted by Gasteiger charge is 2.23. The molecule has 1 aliphatic heterocycles. The number of nitrogens with zero attached hydrogens (tertiary/aromatic N) is 2. The second-order valence-corrected chi connectivity index (χ2v) is 7.02. The van der Waals surface area contributed by atoms with E-state index in [1.807, 2.05) is 12.1 Å². The summed E-state index contributed by atoms with van der Waals surface area (Å²) in [6.45, 7) is 2.03. The van der Waals surface area contributed by atoms with Gasteiger partial charge in [-0.1, -0.05) is 24.3 Å². The van der Waals surface area contributed by atoms with Crippen molar-refractivity contribution < 1.29 is 18.4 Å². The average Bonchev–Trinajstić information content (AvgIpc) is 2.70. The molecule has 1 heterocycles. The first-order valence-electron chi connectivity index (χ1n) is 9.56. The quantitative estimate of drug-likeness (QED) is 0.765. The summed E-state index contributed by atoms with van der Waals surface area (Å²) in [6.07, 6.45) is 1.67. The van der Waals surface area contributed by atoms with Crippen molar-refractivity contribution in [3.05, 3.63) is 71.3 Å². The van der Waals surface area contributed by atoms with E-state index in [-0.39, 0.29) is 23.4 Å². The summed E-state index contributed by atoms with van der Waals surface area (Å²) in [5.74, 6) is -0.544. The zero-order valence-corrected chi connectivity index (χ0v) is 15.7. The van der Waals surface area contributed by atoms with Crippen LogP contribution in [0.3, 0.4) is 0 Å². The van der Waals surface area contributed by atoms with Gasteiger partial charge in [0.05, 0.1) is 0 Å². The lowest BCUT2D eigenvalue weighted by molar-refractivity contribution is -0.139. The Hall–Kier alpha value is -2.76. The van der Waals surface area contributed by atoms with Gasteiger partial charge in [0.1, 0.15) is 11.6 Å². The van der Waals surface area contributed by atoms with E-state index >= 15 is 0 Å². The highest BCUT2D eigenvalue weighted by molar-refractivity contribution is 5.78. The van der Waals surface area contributed by atoms with Gasteiger partial charge >= 0.3 is 0 Å². The fraction of sp³-hybridized carbons (Fsp3) is 0.364. The minimum atomic E-state index is -0.296. The molecule has 0 aliphatic carbocycles. The lowest BCUT2D eigenvalue weighted by Crippen LogP contribution is -2.50. The molecular weight excluding hydrogens is 362 g/mol. The van der Waals surface area contributed by atoms with Gasteiger partial charge in [-0.3, -0.25) is 9.59 Å². The minimum Gasteiger partial charge on any atom is -0.339 e. The van der Waals surface area contributed by atoms with Crippen LogP contribution in [0.15, 0.2) is 48.5 Å². The van der Waals surface area contributed by atoms with Gasteiger partial charge in [-0.25, -0.2) is 8.78 Å². The molecule has 0 bridgehead atoms. The summed E-state index contributed by atoms with van der Waals surface area (Å²) >= 11 is 0. The molecule has 0 saturated carbocycles. The molecule has 3 rings (SSSR count). The molecule has 0 radical (unpaired) electrons. The number of benzene rings is 2. The van der Waals surface area contributed by atoms with Crippen LogP contribution < -0.4 is 0 Å². The molecule has 2 aromatic carbocycles. The number of carbonyl (C=O) groups excluding carboxylic acids is 2. The molecule has 148 valence electrons. The largest absolute Gasteiger partial charge is 0.339 e. The zero-order valence-electron chi connectivity index (χ0n) is 15.7. The summed E-state index contributed by atoms with van der Waals surface area (Å²) in [5, 5.41) is 0. The summed E-state index contributed by atoms with van der Waals surface area (Å²) in [7, 11) is 0. The van der Waals surface area contributed by atoms with E-state index in [4.69, 9.17) is 0 Å². The van der Waals surface area contributed by atoms with Crippen LogP contribution in [0.2, 0.25) is 0 Å². The van der Waals surface area contributed by atoms with Gasteiger partial charge in [0.2, 0.25) is 11.8 Å². The topological polar surface area (TPSA) is 40.6 Å². The maximum absolute atomic E-state index is 13.2. The summed E-state index contributed by atoms with van der Waals surface area (Å²) in [5.41, 5.74) is 1.61. The summed E-state index contributed by atoms with van der Waals surface area (Å²) in [4.78, 5) is 28.3. The van der Waals surface area contributed by atoms with Crippen LogP contribution in [0.1, 0.15) is 24.0 Å². The molecule has 1 fully saturated rings. The monoisotopic (exact) mass is 386 g/mol. The van der Waals surface area contributed by atoms with Gasteiger partial charge in [-0.2, -0.15) is 0 Å². The van der Waals surface area contributed by atoms with Crippen LogP contribution >= 0.6 is 0 Å². The average molecular weight is 386 g/mol. The Kier molecular flexibility index (Phi) is 6.74. The third-order valence-corrected chi connectivity index (χ3v) is 5.02. The highest BCUT2D eigenvalue weighted by Crippen LogP contribution is 2.12. The number of hydrogen-bond acceptors (Lipinski definition) is 2. The molecule has 1 aliphatic rings. The van der Waals surface area contributed by atoms with Gasteiger partial charge in [-0.05, 0) is 48.2 Å². The predicted octanol–water partition coefficient (Wildman–Crippen LogP) is 3.20. The fourth-order valence-corrected chi connectivity index (χ4v) is 3.41. The van der Waals surface area contributed by atoms with Crippen LogP contribution in [-0.2, 0) is 22.4 Å². The molecule has 28 heavy (non-hydrogen) atoms. The van der Waals surface area contributed by atoms with Gasteiger partial charge in [-0.15, -0.1) is 0 Å². The van der Waals surface area contributed by atoms with E-state index < -0.39 is 0 Å². The van der Waals surface area contributed by atoms with E-state index in [2.05, 4.69) is 0 Å². The second-order valence-electron chi connectivity index (χ2n) is 7.02. The third-order valence-electron chi connectivity index (χ3n) is 5.02. The molecule has 4 nitrogen and oxygen atoms in total. The summed E-state index contributed by atoms with van der Waals surface area (Å²) in [6, 6.07) is 12.6. The van der Waals surface area contributed by atoms with Gasteiger partial charge in [0.25, 0.3) is 0 Å². The molecule has 1 saturated heterocycles. The van der Waals surface area contributed by atoms with E-state index in [9.17, 15) is 18.4 Å². The van der Waals surface area contributed by atoms with Gasteiger partial charge < -0.3 is 9.80 Å². The smallest absolute Gasteiger partial charge is 0.223 e. The number of amides is 2. The van der Waals surface area contributed by atoms with E-state index in [1.165, 1.54) is 24.3 Å². The molecule has 0 spiro atoms. The van der Waals surface area contributed by atoms with Gasteiger partial charge in [0, 0.05) is 39.0 Å². The molecule has 0 N–H and O–H groups in total. The Morgan fingerprint density at radius 2 is 1.11 bits per heavy atom. The third kappa shape index (κ3) is 5.62. The van der Waals surface area contributed by atoms with Crippen molar-refractivity contribution in [3.8, 4) is 0 Å². The van der Waals surface area contributed by atoms with Crippen molar-refractivity contribution >= 4 is 11.8 Å². The maximum atomic E-state index is 13.2. The van der Waals surface area contributed by atoms with Crippen LogP contribution in [0.4, 0.5) is 8.78 Å². The van der Waals surface area contributed by atoms with Crippen LogP contribution in [0.25, 0.3) is 0 Å². The summed E-state index contributed by atoms with van der Waals surface area (Å²) < 4.78 is 26.4. The number of hydrogen-bond donors (Lipinski definition) is 0. The molecule has 0 atom stereocenters. The van der Waals surface area contributed by atoms with Gasteiger partial charge in [0.15, 0.2) is 0 Å². The lowest BCUT2D eigenvalue weighted by Gasteiger charge is -2.35. The lowest BCUT2D eigenvalue weighted by atomic mass is 10.1. The van der Waals surface area contributed by atoms with Crippen molar-refractivity contribution in [3.63, 3.8) is 0 Å². The molecular formula is C22H24F2N2O2. The van der Waals surface area contributed by atoms with Crippen LogP contribution in [-0.4, -0.2) is 47.8 Å². The highest BCUT2D eigenvalue weighted by atomic mass is 19.1. The fourth-order valence-electron chi connectivity index (χ4n) is 3.41. The number of rotatable bonds is 6. The molecule has 2 aromatic rings. The Bertz CT molecular complexity index is 763. The number of piperazine rings is 1. The maximum Gasteiger partial charge on any atom is 0.223 e. The van der Waals surface area contributed by atoms with Crippen molar-refractivity contribution in [2.45, 2.75) is 25.7 Å². The number of carbonyl (C=O) groups is 2. The number of halogens is 2. The van der Waals surface area contributed by atoms with Crippen molar-refractivity contribution in [2.24, 2.45) is 0 Å². The van der Waals surface area contributed by atoms with Crippen molar-refractivity contribution in [1.82, 2.24) is 9.80 Å².